The number of carbonyl (C=O) groups is 3. The first-order valence-electron chi connectivity index (χ1n) is 8.97. The minimum absolute atomic E-state index is 0.306. The van der Waals surface area contributed by atoms with Gasteiger partial charge in [0, 0.05) is 6.20 Å². The quantitative estimate of drug-likeness (QED) is 0.794. The van der Waals surface area contributed by atoms with Gasteiger partial charge in [0.1, 0.15) is 6.04 Å². The lowest BCUT2D eigenvalue weighted by molar-refractivity contribution is -0.129. The number of amides is 3. The lowest BCUT2D eigenvalue weighted by Crippen LogP contribution is -2.46. The van der Waals surface area contributed by atoms with Gasteiger partial charge in [-0.2, -0.15) is 0 Å². The number of anilines is 1. The lowest BCUT2D eigenvalue weighted by Gasteiger charge is -2.34. The molecule has 0 aromatic heterocycles. The molecule has 2 saturated heterocycles. The molecule has 3 amide bonds. The van der Waals surface area contributed by atoms with Gasteiger partial charge in [0.15, 0.2) is 0 Å². The molecule has 2 aromatic carbocycles. The SMILES string of the molecule is NC(=O)[C@@H]1[C@@H]2C(=O)N(c3ccccc3Cl)C(=O)[C@H]2[C@H]2c3ccccc3C=CN12. The molecule has 3 aliphatic heterocycles. The molecule has 2 N–H and O–H groups in total. The normalized spacial score (nSPS) is 27.6. The second kappa shape index (κ2) is 5.94. The minimum Gasteiger partial charge on any atom is -0.368 e. The Bertz CT molecular complexity index is 1070. The highest BCUT2D eigenvalue weighted by Crippen LogP contribution is 2.53. The highest BCUT2D eigenvalue weighted by molar-refractivity contribution is 6.36. The molecule has 3 aliphatic rings. The number of primary amides is 1. The molecule has 28 heavy (non-hydrogen) atoms. The van der Waals surface area contributed by atoms with Crippen LogP contribution in [0.5, 0.6) is 0 Å². The largest absolute Gasteiger partial charge is 0.368 e. The third-order valence-electron chi connectivity index (χ3n) is 5.85. The van der Waals surface area contributed by atoms with Gasteiger partial charge in [0.2, 0.25) is 17.7 Å². The van der Waals surface area contributed by atoms with Crippen LogP contribution in [0.15, 0.2) is 54.7 Å². The Morgan fingerprint density at radius 1 is 0.964 bits per heavy atom. The first kappa shape index (κ1) is 17.0. The average molecular weight is 394 g/mol. The van der Waals surface area contributed by atoms with Crippen molar-refractivity contribution in [2.75, 3.05) is 4.90 Å². The summed E-state index contributed by atoms with van der Waals surface area (Å²) in [5.41, 5.74) is 7.89. The summed E-state index contributed by atoms with van der Waals surface area (Å²) in [6.07, 6.45) is 3.64. The molecule has 6 nitrogen and oxygen atoms in total. The predicted molar refractivity (Wildman–Crippen MR) is 104 cm³/mol. The summed E-state index contributed by atoms with van der Waals surface area (Å²) in [4.78, 5) is 41.9. The number of halogens is 1. The number of nitrogens with two attached hydrogens (primary N) is 1. The van der Waals surface area contributed by atoms with Crippen LogP contribution in [0.1, 0.15) is 17.2 Å². The molecular weight excluding hydrogens is 378 g/mol. The smallest absolute Gasteiger partial charge is 0.240 e. The minimum atomic E-state index is -0.886. The van der Waals surface area contributed by atoms with Gasteiger partial charge in [-0.05, 0) is 29.3 Å². The van der Waals surface area contributed by atoms with Gasteiger partial charge in [-0.3, -0.25) is 14.4 Å². The fourth-order valence-electron chi connectivity index (χ4n) is 4.75. The Morgan fingerprint density at radius 3 is 2.39 bits per heavy atom. The fraction of sp³-hybridized carbons (Fsp3) is 0.190. The average Bonchev–Trinajstić information content (AvgIpc) is 3.16. The number of benzene rings is 2. The molecule has 0 spiro atoms. The van der Waals surface area contributed by atoms with Crippen LogP contribution < -0.4 is 10.6 Å². The van der Waals surface area contributed by atoms with Crippen LogP contribution in [-0.2, 0) is 14.4 Å². The fourth-order valence-corrected chi connectivity index (χ4v) is 4.97. The van der Waals surface area contributed by atoms with E-state index in [1.807, 2.05) is 30.3 Å². The van der Waals surface area contributed by atoms with Crippen LogP contribution in [0.3, 0.4) is 0 Å². The summed E-state index contributed by atoms with van der Waals surface area (Å²) in [6, 6.07) is 13.1. The number of carbonyl (C=O) groups excluding carboxylic acids is 3. The maximum absolute atomic E-state index is 13.4. The molecule has 4 atom stereocenters. The second-order valence-electron chi connectivity index (χ2n) is 7.20. The van der Waals surface area contributed by atoms with E-state index in [1.54, 1.807) is 35.4 Å². The highest BCUT2D eigenvalue weighted by atomic mass is 35.5. The topological polar surface area (TPSA) is 83.7 Å². The van der Waals surface area contributed by atoms with Crippen LogP contribution in [0, 0.1) is 11.8 Å². The van der Waals surface area contributed by atoms with Gasteiger partial charge < -0.3 is 10.6 Å². The lowest BCUT2D eigenvalue weighted by atomic mass is 9.84. The predicted octanol–water partition coefficient (Wildman–Crippen LogP) is 2.34. The van der Waals surface area contributed by atoms with Gasteiger partial charge in [-0.1, -0.05) is 48.0 Å². The Balaban J connectivity index is 1.67. The van der Waals surface area contributed by atoms with Crippen LogP contribution in [0.2, 0.25) is 5.02 Å². The van der Waals surface area contributed by atoms with E-state index in [4.69, 9.17) is 17.3 Å². The number of rotatable bonds is 2. The Morgan fingerprint density at radius 2 is 1.64 bits per heavy atom. The van der Waals surface area contributed by atoms with Gasteiger partial charge in [0.25, 0.3) is 0 Å². The summed E-state index contributed by atoms with van der Waals surface area (Å²) in [6.45, 7) is 0. The first-order valence-corrected chi connectivity index (χ1v) is 9.34. The molecule has 0 aliphatic carbocycles. The van der Waals surface area contributed by atoms with Crippen LogP contribution in [0.4, 0.5) is 5.69 Å². The van der Waals surface area contributed by atoms with Crippen molar-refractivity contribution in [1.82, 2.24) is 4.90 Å². The standard InChI is InChI=1S/C21H16ClN3O3/c22-13-7-3-4-8-14(13)25-20(27)15-16(21(25)28)18(19(23)26)24-10-9-11-5-1-2-6-12(11)17(15)24/h1-10,15-18H,(H2,23,26)/t15-,16-,17-,18+/m1/s1. The molecule has 0 bridgehead atoms. The second-order valence-corrected chi connectivity index (χ2v) is 7.61. The summed E-state index contributed by atoms with van der Waals surface area (Å²) in [5.74, 6) is -2.96. The van der Waals surface area contributed by atoms with E-state index in [0.717, 1.165) is 16.0 Å². The van der Waals surface area contributed by atoms with Crippen LogP contribution >= 0.6 is 11.6 Å². The maximum atomic E-state index is 13.4. The van der Waals surface area contributed by atoms with Crippen molar-refractivity contribution in [3.63, 3.8) is 0 Å². The summed E-state index contributed by atoms with van der Waals surface area (Å²) in [5, 5.41) is 0.306. The van der Waals surface area contributed by atoms with Gasteiger partial charge in [0.05, 0.1) is 28.6 Å². The van der Waals surface area contributed by atoms with E-state index in [2.05, 4.69) is 0 Å². The molecular formula is C21H16ClN3O3. The van der Waals surface area contributed by atoms with Crippen molar-refractivity contribution in [2.24, 2.45) is 17.6 Å². The molecule has 0 unspecified atom stereocenters. The molecule has 2 fully saturated rings. The number of imide groups is 1. The van der Waals surface area contributed by atoms with Crippen LogP contribution in [-0.4, -0.2) is 28.7 Å². The Hall–Kier alpha value is -3.12. The van der Waals surface area contributed by atoms with Crippen LogP contribution in [0.25, 0.3) is 6.08 Å². The van der Waals surface area contributed by atoms with E-state index in [0.29, 0.717) is 10.7 Å². The van der Waals surface area contributed by atoms with Crippen molar-refractivity contribution in [3.8, 4) is 0 Å². The van der Waals surface area contributed by atoms with Crippen molar-refractivity contribution < 1.29 is 14.4 Å². The van der Waals surface area contributed by atoms with Gasteiger partial charge in [-0.25, -0.2) is 4.90 Å². The molecule has 3 heterocycles. The monoisotopic (exact) mass is 393 g/mol. The number of hydrogen-bond acceptors (Lipinski definition) is 4. The molecule has 2 aromatic rings. The van der Waals surface area contributed by atoms with Crippen molar-refractivity contribution >= 4 is 41.1 Å². The number of nitrogens with zero attached hydrogens (tertiary/aromatic N) is 2. The van der Waals surface area contributed by atoms with E-state index >= 15 is 0 Å². The van der Waals surface area contributed by atoms with Gasteiger partial charge in [-0.15, -0.1) is 0 Å². The number of para-hydroxylation sites is 1. The van der Waals surface area contributed by atoms with E-state index in [-0.39, 0.29) is 5.91 Å². The number of hydrogen-bond donors (Lipinski definition) is 1. The zero-order chi connectivity index (χ0) is 19.6. The van der Waals surface area contributed by atoms with E-state index in [9.17, 15) is 14.4 Å². The Kier molecular flexibility index (Phi) is 3.61. The third kappa shape index (κ3) is 2.12. The summed E-state index contributed by atoms with van der Waals surface area (Å²) >= 11 is 6.25. The first-order chi connectivity index (χ1) is 13.5. The maximum Gasteiger partial charge on any atom is 0.240 e. The molecule has 140 valence electrons. The molecule has 7 heteroatoms. The van der Waals surface area contributed by atoms with Gasteiger partial charge >= 0.3 is 0 Å². The third-order valence-corrected chi connectivity index (χ3v) is 6.17. The zero-order valence-corrected chi connectivity index (χ0v) is 15.4. The Labute approximate surface area is 166 Å². The number of fused-ring (bicyclic) bond motifs is 5. The summed E-state index contributed by atoms with van der Waals surface area (Å²) < 4.78 is 0. The zero-order valence-electron chi connectivity index (χ0n) is 14.7. The highest BCUT2D eigenvalue weighted by Gasteiger charge is 2.64. The van der Waals surface area contributed by atoms with E-state index in [1.165, 1.54) is 0 Å². The molecule has 5 rings (SSSR count). The van der Waals surface area contributed by atoms with E-state index < -0.39 is 35.7 Å². The molecule has 0 saturated carbocycles. The molecule has 0 radical (unpaired) electrons. The summed E-state index contributed by atoms with van der Waals surface area (Å²) in [7, 11) is 0. The van der Waals surface area contributed by atoms with Crippen molar-refractivity contribution in [1.29, 1.82) is 0 Å². The van der Waals surface area contributed by atoms with Crippen molar-refractivity contribution in [3.05, 3.63) is 70.9 Å². The van der Waals surface area contributed by atoms with Crippen molar-refractivity contribution in [2.45, 2.75) is 12.1 Å².